The number of hydrogen-bond acceptors (Lipinski definition) is 4. The topological polar surface area (TPSA) is 56.2 Å². The van der Waals surface area contributed by atoms with Gasteiger partial charge in [-0.15, -0.1) is 0 Å². The van der Waals surface area contributed by atoms with Gasteiger partial charge in [-0.05, 0) is 23.7 Å². The molecule has 0 radical (unpaired) electrons. The van der Waals surface area contributed by atoms with Gasteiger partial charge in [0.1, 0.15) is 0 Å². The lowest BCUT2D eigenvalue weighted by Gasteiger charge is -1.82. The molecule has 0 saturated carbocycles. The van der Waals surface area contributed by atoms with Crippen LogP contribution in [0.3, 0.4) is 0 Å². The molecular formula is C8H4ClNO3. The second-order valence-corrected chi connectivity index (χ2v) is 2.67. The molecule has 13 heavy (non-hydrogen) atoms. The SMILES string of the molecule is O=C(Cl)c1cc(-c2ccco2)on1. The van der Waals surface area contributed by atoms with Crippen LogP contribution in [-0.4, -0.2) is 10.4 Å². The van der Waals surface area contributed by atoms with Crippen LogP contribution in [0.5, 0.6) is 0 Å². The molecule has 2 heterocycles. The molecule has 0 aliphatic heterocycles. The Hall–Kier alpha value is -1.55. The fourth-order valence-electron chi connectivity index (χ4n) is 0.903. The van der Waals surface area contributed by atoms with Crippen LogP contribution in [-0.2, 0) is 0 Å². The molecule has 0 saturated heterocycles. The smallest absolute Gasteiger partial charge is 0.274 e. The predicted molar refractivity (Wildman–Crippen MR) is 44.4 cm³/mol. The number of carbonyl (C=O) groups excluding carboxylic acids is 1. The summed E-state index contributed by atoms with van der Waals surface area (Å²) in [5, 5.41) is 2.80. The Labute approximate surface area is 78.1 Å². The molecule has 4 nitrogen and oxygen atoms in total. The fourth-order valence-corrected chi connectivity index (χ4v) is 0.992. The lowest BCUT2D eigenvalue weighted by Crippen LogP contribution is -1.85. The molecule has 0 fully saturated rings. The summed E-state index contributed by atoms with van der Waals surface area (Å²) in [6.45, 7) is 0. The summed E-state index contributed by atoms with van der Waals surface area (Å²) in [7, 11) is 0. The Morgan fingerprint density at radius 1 is 1.46 bits per heavy atom. The van der Waals surface area contributed by atoms with Crippen molar-refractivity contribution < 1.29 is 13.7 Å². The zero-order valence-corrected chi connectivity index (χ0v) is 7.12. The molecule has 2 rings (SSSR count). The second kappa shape index (κ2) is 3.06. The Balaban J connectivity index is 2.39. The number of aromatic nitrogens is 1. The van der Waals surface area contributed by atoms with Crippen molar-refractivity contribution in [2.24, 2.45) is 0 Å². The van der Waals surface area contributed by atoms with Gasteiger partial charge in [0.25, 0.3) is 5.24 Å². The Bertz CT molecular complexity index is 418. The average Bonchev–Trinajstić information content (AvgIpc) is 2.75. The summed E-state index contributed by atoms with van der Waals surface area (Å²) in [5.74, 6) is 0.894. The predicted octanol–water partition coefficient (Wildman–Crippen LogP) is 2.31. The number of hydrogen-bond donors (Lipinski definition) is 0. The average molecular weight is 198 g/mol. The van der Waals surface area contributed by atoms with Crippen LogP contribution < -0.4 is 0 Å². The number of halogens is 1. The lowest BCUT2D eigenvalue weighted by molar-refractivity contribution is 0.107. The van der Waals surface area contributed by atoms with Crippen molar-refractivity contribution in [3.63, 3.8) is 0 Å². The quantitative estimate of drug-likeness (QED) is 0.694. The molecule has 0 aromatic carbocycles. The van der Waals surface area contributed by atoms with Crippen molar-refractivity contribution in [2.75, 3.05) is 0 Å². The van der Waals surface area contributed by atoms with Gasteiger partial charge in [0.2, 0.25) is 5.76 Å². The third kappa shape index (κ3) is 1.48. The molecule has 2 aromatic rings. The summed E-state index contributed by atoms with van der Waals surface area (Å²) in [4.78, 5) is 10.6. The van der Waals surface area contributed by atoms with Gasteiger partial charge >= 0.3 is 0 Å². The van der Waals surface area contributed by atoms with Gasteiger partial charge in [0, 0.05) is 6.07 Å². The van der Waals surface area contributed by atoms with E-state index in [1.54, 1.807) is 12.1 Å². The maximum Gasteiger partial charge on any atom is 0.274 e. The van der Waals surface area contributed by atoms with Crippen molar-refractivity contribution in [2.45, 2.75) is 0 Å². The first-order chi connectivity index (χ1) is 6.27. The first-order valence-corrected chi connectivity index (χ1v) is 3.85. The highest BCUT2D eigenvalue weighted by Gasteiger charge is 2.12. The van der Waals surface area contributed by atoms with Gasteiger partial charge in [-0.1, -0.05) is 5.16 Å². The molecule has 5 heteroatoms. The van der Waals surface area contributed by atoms with Crippen molar-refractivity contribution in [1.82, 2.24) is 5.16 Å². The minimum Gasteiger partial charge on any atom is -0.461 e. The maximum absolute atomic E-state index is 10.6. The molecule has 0 spiro atoms. The number of rotatable bonds is 2. The van der Waals surface area contributed by atoms with Gasteiger partial charge in [0.05, 0.1) is 6.26 Å². The van der Waals surface area contributed by atoms with Crippen LogP contribution in [0.1, 0.15) is 10.5 Å². The van der Waals surface area contributed by atoms with E-state index >= 15 is 0 Å². The van der Waals surface area contributed by atoms with E-state index in [1.807, 2.05) is 0 Å². The zero-order chi connectivity index (χ0) is 9.26. The summed E-state index contributed by atoms with van der Waals surface area (Å²) in [6, 6.07) is 4.83. The van der Waals surface area contributed by atoms with Crippen LogP contribution in [0.25, 0.3) is 11.5 Å². The van der Waals surface area contributed by atoms with Crippen molar-refractivity contribution in [1.29, 1.82) is 0 Å². The van der Waals surface area contributed by atoms with E-state index < -0.39 is 5.24 Å². The van der Waals surface area contributed by atoms with Crippen LogP contribution in [0, 0.1) is 0 Å². The summed E-state index contributed by atoms with van der Waals surface area (Å²) in [5.41, 5.74) is 0.0769. The van der Waals surface area contributed by atoms with Crippen molar-refractivity contribution >= 4 is 16.8 Å². The Kier molecular flexibility index (Phi) is 1.90. The Morgan fingerprint density at radius 2 is 2.31 bits per heavy atom. The first-order valence-electron chi connectivity index (χ1n) is 3.48. The third-order valence-electron chi connectivity index (χ3n) is 1.48. The van der Waals surface area contributed by atoms with E-state index in [1.165, 1.54) is 12.3 Å². The van der Waals surface area contributed by atoms with E-state index in [0.29, 0.717) is 11.5 Å². The minimum atomic E-state index is -0.651. The Morgan fingerprint density at radius 3 is 2.85 bits per heavy atom. The van der Waals surface area contributed by atoms with E-state index in [-0.39, 0.29) is 5.69 Å². The second-order valence-electron chi connectivity index (χ2n) is 2.33. The summed E-state index contributed by atoms with van der Waals surface area (Å²) < 4.78 is 9.85. The highest BCUT2D eigenvalue weighted by atomic mass is 35.5. The van der Waals surface area contributed by atoms with Gasteiger partial charge in [-0.2, -0.15) is 0 Å². The van der Waals surface area contributed by atoms with Crippen LogP contribution in [0.2, 0.25) is 0 Å². The molecule has 0 atom stereocenters. The van der Waals surface area contributed by atoms with E-state index in [4.69, 9.17) is 20.5 Å². The zero-order valence-electron chi connectivity index (χ0n) is 6.36. The van der Waals surface area contributed by atoms with Crippen molar-refractivity contribution in [3.8, 4) is 11.5 Å². The van der Waals surface area contributed by atoms with Crippen LogP contribution in [0.4, 0.5) is 0 Å². The monoisotopic (exact) mass is 197 g/mol. The number of nitrogens with zero attached hydrogens (tertiary/aromatic N) is 1. The molecule has 0 aliphatic carbocycles. The van der Waals surface area contributed by atoms with E-state index in [0.717, 1.165) is 0 Å². The largest absolute Gasteiger partial charge is 0.461 e. The van der Waals surface area contributed by atoms with Gasteiger partial charge in [-0.3, -0.25) is 4.79 Å². The van der Waals surface area contributed by atoms with Gasteiger partial charge < -0.3 is 8.94 Å². The van der Waals surface area contributed by atoms with Crippen LogP contribution in [0.15, 0.2) is 33.4 Å². The molecular weight excluding hydrogens is 194 g/mol. The normalized spacial score (nSPS) is 10.2. The maximum atomic E-state index is 10.6. The molecule has 0 unspecified atom stereocenters. The highest BCUT2D eigenvalue weighted by Crippen LogP contribution is 2.20. The molecule has 0 aliphatic rings. The molecule has 0 amide bonds. The molecule has 0 N–H and O–H groups in total. The van der Waals surface area contributed by atoms with Crippen LogP contribution >= 0.6 is 11.6 Å². The molecule has 2 aromatic heterocycles. The highest BCUT2D eigenvalue weighted by molar-refractivity contribution is 6.67. The number of furan rings is 1. The van der Waals surface area contributed by atoms with Gasteiger partial charge in [-0.25, -0.2) is 0 Å². The molecule has 66 valence electrons. The molecule has 0 bridgehead atoms. The summed E-state index contributed by atoms with van der Waals surface area (Å²) in [6.07, 6.45) is 1.50. The minimum absolute atomic E-state index is 0.0769. The lowest BCUT2D eigenvalue weighted by atomic mass is 10.3. The summed E-state index contributed by atoms with van der Waals surface area (Å²) >= 11 is 5.19. The van der Waals surface area contributed by atoms with E-state index in [9.17, 15) is 4.79 Å². The fraction of sp³-hybridized carbons (Fsp3) is 0. The van der Waals surface area contributed by atoms with Gasteiger partial charge in [0.15, 0.2) is 11.5 Å². The third-order valence-corrected chi connectivity index (χ3v) is 1.67. The van der Waals surface area contributed by atoms with E-state index in [2.05, 4.69) is 5.16 Å². The standard InChI is InChI=1S/C8H4ClNO3/c9-8(11)5-4-7(13-10-5)6-2-1-3-12-6/h1-4H. The van der Waals surface area contributed by atoms with Crippen molar-refractivity contribution in [3.05, 3.63) is 30.2 Å². The number of carbonyl (C=O) groups is 1. The first kappa shape index (κ1) is 8.07.